The molecule has 0 saturated carbocycles. The molecular formula is C16H34O5Si. The highest BCUT2D eigenvalue weighted by Crippen LogP contribution is 2.18. The summed E-state index contributed by atoms with van der Waals surface area (Å²) in [6.07, 6.45) is 0.902. The quantitative estimate of drug-likeness (QED) is 0.257. The molecule has 0 radical (unpaired) electrons. The number of aliphatic hydroxyl groups excluding tert-OH is 1. The summed E-state index contributed by atoms with van der Waals surface area (Å²) in [5.74, 6) is -0.0922. The number of carbonyl (C=O) groups is 1. The van der Waals surface area contributed by atoms with Gasteiger partial charge in [0.25, 0.3) is 0 Å². The zero-order valence-corrected chi connectivity index (χ0v) is 16.1. The summed E-state index contributed by atoms with van der Waals surface area (Å²) in [6.45, 7) is 13.5. The molecule has 22 heavy (non-hydrogen) atoms. The highest BCUT2D eigenvalue weighted by atomic mass is 28.3. The first-order valence-corrected chi connectivity index (χ1v) is 11.8. The van der Waals surface area contributed by atoms with E-state index in [2.05, 4.69) is 26.6 Å². The fraction of sp³-hybridized carbons (Fsp3) is 0.938. The molecule has 0 aromatic carbocycles. The van der Waals surface area contributed by atoms with E-state index in [4.69, 9.17) is 19.3 Å². The molecule has 0 fully saturated rings. The Kier molecular flexibility index (Phi) is 10.9. The highest BCUT2D eigenvalue weighted by Gasteiger charge is 2.20. The van der Waals surface area contributed by atoms with E-state index in [9.17, 15) is 4.79 Å². The van der Waals surface area contributed by atoms with Crippen LogP contribution in [0.15, 0.2) is 0 Å². The van der Waals surface area contributed by atoms with Gasteiger partial charge in [-0.3, -0.25) is 4.79 Å². The van der Waals surface area contributed by atoms with Crippen LogP contribution in [-0.4, -0.2) is 51.4 Å². The molecule has 1 unspecified atom stereocenters. The lowest BCUT2D eigenvalue weighted by molar-refractivity contribution is -0.149. The normalized spacial score (nSPS) is 16.1. The topological polar surface area (TPSA) is 65.0 Å². The SMILES string of the molecule is CC(=O)OC(CCO)C[C@H](C)[C@@H](C)OCOCC[Si](C)(C)C. The molecule has 0 aromatic rings. The van der Waals surface area contributed by atoms with Gasteiger partial charge >= 0.3 is 5.97 Å². The first kappa shape index (κ1) is 21.6. The van der Waals surface area contributed by atoms with E-state index in [1.807, 2.05) is 6.92 Å². The van der Waals surface area contributed by atoms with E-state index in [0.717, 1.165) is 12.7 Å². The summed E-state index contributed by atoms with van der Waals surface area (Å²) in [7, 11) is -1.06. The van der Waals surface area contributed by atoms with E-state index < -0.39 is 8.07 Å². The molecule has 3 atom stereocenters. The van der Waals surface area contributed by atoms with Crippen LogP contribution in [0.3, 0.4) is 0 Å². The molecule has 1 N–H and O–H groups in total. The molecule has 0 saturated heterocycles. The van der Waals surface area contributed by atoms with Crippen molar-refractivity contribution in [2.24, 2.45) is 5.92 Å². The van der Waals surface area contributed by atoms with Crippen LogP contribution in [0.2, 0.25) is 25.7 Å². The lowest BCUT2D eigenvalue weighted by Gasteiger charge is -2.25. The summed E-state index contributed by atoms with van der Waals surface area (Å²) in [6, 6.07) is 1.13. The Morgan fingerprint density at radius 2 is 1.86 bits per heavy atom. The van der Waals surface area contributed by atoms with Gasteiger partial charge in [-0.1, -0.05) is 26.6 Å². The maximum atomic E-state index is 11.1. The second kappa shape index (κ2) is 11.2. The van der Waals surface area contributed by atoms with Crippen molar-refractivity contribution in [2.45, 2.75) is 71.5 Å². The maximum Gasteiger partial charge on any atom is 0.302 e. The minimum absolute atomic E-state index is 0.0136. The number of hydrogen-bond donors (Lipinski definition) is 1. The van der Waals surface area contributed by atoms with Crippen LogP contribution >= 0.6 is 0 Å². The van der Waals surface area contributed by atoms with Crippen molar-refractivity contribution in [1.29, 1.82) is 0 Å². The fourth-order valence-electron chi connectivity index (χ4n) is 1.97. The first-order valence-electron chi connectivity index (χ1n) is 8.13. The van der Waals surface area contributed by atoms with Gasteiger partial charge in [0.1, 0.15) is 12.9 Å². The monoisotopic (exact) mass is 334 g/mol. The summed E-state index contributed by atoms with van der Waals surface area (Å²) in [5, 5.41) is 9.03. The van der Waals surface area contributed by atoms with Gasteiger partial charge in [0.05, 0.1) is 6.10 Å². The predicted octanol–water partition coefficient (Wildman–Crippen LogP) is 3.04. The third-order valence-electron chi connectivity index (χ3n) is 3.63. The standard InChI is InChI=1S/C16H34O5Si/c1-13(11-16(7-8-17)21-15(3)18)14(2)20-12-19-9-10-22(4,5)6/h13-14,16-17H,7-12H2,1-6H3/t13-,14+,16?/m0/s1. The summed E-state index contributed by atoms with van der Waals surface area (Å²) >= 11 is 0. The van der Waals surface area contributed by atoms with Crippen LogP contribution in [0.1, 0.15) is 33.6 Å². The van der Waals surface area contributed by atoms with Crippen molar-refractivity contribution in [3.8, 4) is 0 Å². The number of carbonyl (C=O) groups excluding carboxylic acids is 1. The van der Waals surface area contributed by atoms with Crippen LogP contribution in [0.4, 0.5) is 0 Å². The van der Waals surface area contributed by atoms with E-state index in [1.54, 1.807) is 0 Å². The Labute approximate surface area is 136 Å². The zero-order chi connectivity index (χ0) is 17.2. The van der Waals surface area contributed by atoms with Gasteiger partial charge in [0.2, 0.25) is 0 Å². The van der Waals surface area contributed by atoms with E-state index >= 15 is 0 Å². The van der Waals surface area contributed by atoms with Crippen LogP contribution in [-0.2, 0) is 19.0 Å². The van der Waals surface area contributed by atoms with Gasteiger partial charge in [-0.05, 0) is 25.3 Å². The largest absolute Gasteiger partial charge is 0.462 e. The van der Waals surface area contributed by atoms with Gasteiger partial charge < -0.3 is 19.3 Å². The molecule has 0 aliphatic rings. The van der Waals surface area contributed by atoms with Crippen molar-refractivity contribution in [3.05, 3.63) is 0 Å². The number of ether oxygens (including phenoxy) is 3. The van der Waals surface area contributed by atoms with Gasteiger partial charge in [-0.15, -0.1) is 0 Å². The molecule has 0 bridgehead atoms. The first-order chi connectivity index (χ1) is 10.2. The van der Waals surface area contributed by atoms with Crippen LogP contribution in [0.25, 0.3) is 0 Å². The highest BCUT2D eigenvalue weighted by molar-refractivity contribution is 6.76. The second-order valence-corrected chi connectivity index (χ2v) is 12.8. The van der Waals surface area contributed by atoms with Gasteiger partial charge in [0.15, 0.2) is 0 Å². The molecule has 0 aromatic heterocycles. The summed E-state index contributed by atoms with van der Waals surface area (Å²) in [4.78, 5) is 11.1. The Bertz CT molecular complexity index is 303. The van der Waals surface area contributed by atoms with Crippen molar-refractivity contribution in [1.82, 2.24) is 0 Å². The Morgan fingerprint density at radius 3 is 2.36 bits per heavy atom. The number of aliphatic hydroxyl groups is 1. The molecular weight excluding hydrogens is 300 g/mol. The fourth-order valence-corrected chi connectivity index (χ4v) is 2.72. The molecule has 0 spiro atoms. The van der Waals surface area contributed by atoms with Crippen molar-refractivity contribution >= 4 is 14.0 Å². The van der Waals surface area contributed by atoms with Crippen molar-refractivity contribution in [2.75, 3.05) is 20.0 Å². The Balaban J connectivity index is 3.98. The average molecular weight is 335 g/mol. The predicted molar refractivity (Wildman–Crippen MR) is 90.6 cm³/mol. The maximum absolute atomic E-state index is 11.1. The van der Waals surface area contributed by atoms with Gasteiger partial charge in [0, 0.05) is 34.6 Å². The smallest absolute Gasteiger partial charge is 0.302 e. The second-order valence-electron chi connectivity index (χ2n) is 7.17. The molecule has 0 aliphatic heterocycles. The third kappa shape index (κ3) is 12.1. The Hall–Kier alpha value is -0.433. The molecule has 0 rings (SSSR count). The lowest BCUT2D eigenvalue weighted by Crippen LogP contribution is -2.27. The van der Waals surface area contributed by atoms with E-state index in [0.29, 0.717) is 19.6 Å². The molecule has 132 valence electrons. The molecule has 0 amide bonds. The van der Waals surface area contributed by atoms with Crippen LogP contribution in [0.5, 0.6) is 0 Å². The summed E-state index contributed by atoms with van der Waals surface area (Å²) < 4.78 is 16.4. The molecule has 5 nitrogen and oxygen atoms in total. The van der Waals surface area contributed by atoms with Crippen molar-refractivity contribution < 1.29 is 24.1 Å². The van der Waals surface area contributed by atoms with Crippen molar-refractivity contribution in [3.63, 3.8) is 0 Å². The minimum Gasteiger partial charge on any atom is -0.462 e. The van der Waals surface area contributed by atoms with E-state index in [-0.39, 0.29) is 30.7 Å². The van der Waals surface area contributed by atoms with Crippen LogP contribution < -0.4 is 0 Å². The molecule has 6 heteroatoms. The number of esters is 1. The van der Waals surface area contributed by atoms with Gasteiger partial charge in [-0.2, -0.15) is 0 Å². The average Bonchev–Trinajstić information content (AvgIpc) is 2.36. The molecule has 0 aliphatic carbocycles. The lowest BCUT2D eigenvalue weighted by atomic mass is 9.97. The molecule has 0 heterocycles. The minimum atomic E-state index is -1.06. The third-order valence-corrected chi connectivity index (χ3v) is 5.33. The zero-order valence-electron chi connectivity index (χ0n) is 15.1. The number of rotatable bonds is 12. The van der Waals surface area contributed by atoms with Crippen LogP contribution in [0, 0.1) is 5.92 Å². The Morgan fingerprint density at radius 1 is 1.23 bits per heavy atom. The number of hydrogen-bond acceptors (Lipinski definition) is 5. The summed E-state index contributed by atoms with van der Waals surface area (Å²) in [5.41, 5.74) is 0. The van der Waals surface area contributed by atoms with Gasteiger partial charge in [-0.25, -0.2) is 0 Å². The van der Waals surface area contributed by atoms with E-state index in [1.165, 1.54) is 6.92 Å².